The molecule has 0 unspecified atom stereocenters. The number of methoxy groups -OCH3 is 1. The van der Waals surface area contributed by atoms with Gasteiger partial charge in [-0.05, 0) is 25.5 Å². The topological polar surface area (TPSA) is 98.0 Å². The fourth-order valence-electron chi connectivity index (χ4n) is 2.23. The SMILES string of the molecule is CCO[C@@H]1C[C@H](NC(=O)c2ccc(C(=O)O)o2)[C@H]1OC. The summed E-state index contributed by atoms with van der Waals surface area (Å²) in [6.07, 6.45) is 0.430. The van der Waals surface area contributed by atoms with Crippen molar-refractivity contribution in [2.45, 2.75) is 31.6 Å². The molecule has 0 saturated heterocycles. The Kier molecular flexibility index (Phi) is 4.41. The Morgan fingerprint density at radius 1 is 1.45 bits per heavy atom. The number of carboxylic acids is 1. The van der Waals surface area contributed by atoms with E-state index in [0.717, 1.165) is 0 Å². The molecule has 20 heavy (non-hydrogen) atoms. The molecule has 1 aromatic rings. The number of carboxylic acid groups (broad SMARTS) is 1. The van der Waals surface area contributed by atoms with Crippen LogP contribution in [0.15, 0.2) is 16.5 Å². The molecule has 110 valence electrons. The summed E-state index contributed by atoms with van der Waals surface area (Å²) in [5.74, 6) is -1.96. The maximum Gasteiger partial charge on any atom is 0.371 e. The van der Waals surface area contributed by atoms with Gasteiger partial charge < -0.3 is 24.3 Å². The van der Waals surface area contributed by atoms with E-state index in [-0.39, 0.29) is 29.8 Å². The van der Waals surface area contributed by atoms with Crippen molar-refractivity contribution in [2.75, 3.05) is 13.7 Å². The lowest BCUT2D eigenvalue weighted by molar-refractivity contribution is -0.128. The summed E-state index contributed by atoms with van der Waals surface area (Å²) in [6.45, 7) is 2.49. The van der Waals surface area contributed by atoms with E-state index in [4.69, 9.17) is 19.0 Å². The molecule has 0 radical (unpaired) electrons. The lowest BCUT2D eigenvalue weighted by Gasteiger charge is -2.43. The van der Waals surface area contributed by atoms with Crippen LogP contribution in [0.2, 0.25) is 0 Å². The summed E-state index contributed by atoms with van der Waals surface area (Å²) in [4.78, 5) is 22.6. The highest BCUT2D eigenvalue weighted by Crippen LogP contribution is 2.27. The first-order valence-electron chi connectivity index (χ1n) is 6.35. The minimum atomic E-state index is -1.21. The summed E-state index contributed by atoms with van der Waals surface area (Å²) in [5, 5.41) is 11.5. The second-order valence-corrected chi connectivity index (χ2v) is 4.48. The number of hydrogen-bond acceptors (Lipinski definition) is 5. The van der Waals surface area contributed by atoms with Gasteiger partial charge in [0.25, 0.3) is 5.91 Å². The predicted octanol–water partition coefficient (Wildman–Crippen LogP) is 0.900. The van der Waals surface area contributed by atoms with Gasteiger partial charge in [-0.1, -0.05) is 0 Å². The normalized spacial score (nSPS) is 25.0. The molecule has 1 heterocycles. The Morgan fingerprint density at radius 2 is 2.15 bits per heavy atom. The Hall–Kier alpha value is -1.86. The Morgan fingerprint density at radius 3 is 2.70 bits per heavy atom. The second-order valence-electron chi connectivity index (χ2n) is 4.48. The molecule has 7 heteroatoms. The third kappa shape index (κ3) is 2.83. The fourth-order valence-corrected chi connectivity index (χ4v) is 2.23. The molecule has 2 N–H and O–H groups in total. The first-order chi connectivity index (χ1) is 9.56. The van der Waals surface area contributed by atoms with Crippen molar-refractivity contribution in [1.82, 2.24) is 5.32 Å². The summed E-state index contributed by atoms with van der Waals surface area (Å²) in [5.41, 5.74) is 0. The number of aromatic carboxylic acids is 1. The van der Waals surface area contributed by atoms with E-state index in [1.807, 2.05) is 6.92 Å². The molecular formula is C13H17NO6. The van der Waals surface area contributed by atoms with Crippen molar-refractivity contribution in [1.29, 1.82) is 0 Å². The van der Waals surface area contributed by atoms with Crippen molar-refractivity contribution in [3.05, 3.63) is 23.7 Å². The number of ether oxygens (including phenoxy) is 2. The molecule has 0 aliphatic heterocycles. The van der Waals surface area contributed by atoms with Gasteiger partial charge in [0, 0.05) is 13.7 Å². The maximum atomic E-state index is 11.9. The Balaban J connectivity index is 1.93. The Bertz CT molecular complexity index is 497. The molecule has 1 aliphatic rings. The van der Waals surface area contributed by atoms with Gasteiger partial charge in [-0.25, -0.2) is 4.79 Å². The smallest absolute Gasteiger partial charge is 0.371 e. The molecule has 1 aromatic heterocycles. The van der Waals surface area contributed by atoms with E-state index in [9.17, 15) is 9.59 Å². The summed E-state index contributed by atoms with van der Waals surface area (Å²) in [6, 6.07) is 2.41. The minimum Gasteiger partial charge on any atom is -0.475 e. The molecule has 0 spiro atoms. The molecule has 1 aliphatic carbocycles. The summed E-state index contributed by atoms with van der Waals surface area (Å²) in [7, 11) is 1.56. The second kappa shape index (κ2) is 6.06. The molecule has 1 saturated carbocycles. The third-order valence-corrected chi connectivity index (χ3v) is 3.26. The van der Waals surface area contributed by atoms with Crippen molar-refractivity contribution >= 4 is 11.9 Å². The maximum absolute atomic E-state index is 11.9. The van der Waals surface area contributed by atoms with E-state index >= 15 is 0 Å². The predicted molar refractivity (Wildman–Crippen MR) is 67.7 cm³/mol. The minimum absolute atomic E-state index is 0.0264. The van der Waals surface area contributed by atoms with Crippen LogP contribution in [-0.4, -0.2) is 48.9 Å². The molecular weight excluding hydrogens is 266 g/mol. The van der Waals surface area contributed by atoms with Gasteiger partial charge in [0.2, 0.25) is 5.76 Å². The number of nitrogens with one attached hydrogen (secondary N) is 1. The highest BCUT2D eigenvalue weighted by atomic mass is 16.5. The van der Waals surface area contributed by atoms with Gasteiger partial charge >= 0.3 is 5.97 Å². The number of carbonyl (C=O) groups excluding carboxylic acids is 1. The number of carbonyl (C=O) groups is 2. The zero-order valence-electron chi connectivity index (χ0n) is 11.3. The molecule has 1 fully saturated rings. The standard InChI is InChI=1S/C13H17NO6/c1-3-19-10-6-7(11(10)18-2)14-12(15)8-4-5-9(20-8)13(16)17/h4-5,7,10-11H,3,6H2,1-2H3,(H,14,15)(H,16,17)/t7-,10+,11+/m0/s1. The highest BCUT2D eigenvalue weighted by Gasteiger charge is 2.43. The zero-order chi connectivity index (χ0) is 14.7. The van der Waals surface area contributed by atoms with Crippen LogP contribution in [0, 0.1) is 0 Å². The van der Waals surface area contributed by atoms with Crippen molar-refractivity contribution in [3.8, 4) is 0 Å². The van der Waals surface area contributed by atoms with Gasteiger partial charge in [0.15, 0.2) is 5.76 Å². The summed E-state index contributed by atoms with van der Waals surface area (Å²) < 4.78 is 15.7. The quantitative estimate of drug-likeness (QED) is 0.805. The van der Waals surface area contributed by atoms with Gasteiger partial charge in [0.05, 0.1) is 12.1 Å². The lowest BCUT2D eigenvalue weighted by atomic mass is 9.85. The van der Waals surface area contributed by atoms with Gasteiger partial charge in [-0.2, -0.15) is 0 Å². The number of furan rings is 1. The Labute approximate surface area is 115 Å². The molecule has 3 atom stereocenters. The van der Waals surface area contributed by atoms with E-state index in [1.54, 1.807) is 7.11 Å². The monoisotopic (exact) mass is 283 g/mol. The average molecular weight is 283 g/mol. The molecule has 0 bridgehead atoms. The third-order valence-electron chi connectivity index (χ3n) is 3.26. The molecule has 0 aromatic carbocycles. The van der Waals surface area contributed by atoms with Crippen molar-refractivity contribution in [2.24, 2.45) is 0 Å². The van der Waals surface area contributed by atoms with Crippen molar-refractivity contribution < 1.29 is 28.6 Å². The summed E-state index contributed by atoms with van der Waals surface area (Å²) >= 11 is 0. The van der Waals surface area contributed by atoms with Crippen LogP contribution in [0.3, 0.4) is 0 Å². The van der Waals surface area contributed by atoms with Crippen LogP contribution in [-0.2, 0) is 9.47 Å². The van der Waals surface area contributed by atoms with Crippen molar-refractivity contribution in [3.63, 3.8) is 0 Å². The van der Waals surface area contributed by atoms with Crippen LogP contribution in [0.4, 0.5) is 0 Å². The number of amides is 1. The first kappa shape index (κ1) is 14.5. The van der Waals surface area contributed by atoms with Gasteiger partial charge in [-0.3, -0.25) is 4.79 Å². The highest BCUT2D eigenvalue weighted by molar-refractivity contribution is 5.93. The van der Waals surface area contributed by atoms with Crippen LogP contribution in [0.25, 0.3) is 0 Å². The van der Waals surface area contributed by atoms with Crippen LogP contribution in [0.5, 0.6) is 0 Å². The van der Waals surface area contributed by atoms with Crippen LogP contribution in [0.1, 0.15) is 34.5 Å². The van der Waals surface area contributed by atoms with Crippen LogP contribution < -0.4 is 5.32 Å². The zero-order valence-corrected chi connectivity index (χ0v) is 11.3. The molecule has 1 amide bonds. The first-order valence-corrected chi connectivity index (χ1v) is 6.35. The van der Waals surface area contributed by atoms with E-state index in [0.29, 0.717) is 13.0 Å². The van der Waals surface area contributed by atoms with Gasteiger partial charge in [0.1, 0.15) is 6.10 Å². The van der Waals surface area contributed by atoms with Crippen LogP contribution >= 0.6 is 0 Å². The number of rotatable bonds is 6. The lowest BCUT2D eigenvalue weighted by Crippen LogP contribution is -2.60. The molecule has 7 nitrogen and oxygen atoms in total. The van der Waals surface area contributed by atoms with Gasteiger partial charge in [-0.15, -0.1) is 0 Å². The van der Waals surface area contributed by atoms with E-state index in [1.165, 1.54) is 12.1 Å². The number of hydrogen-bond donors (Lipinski definition) is 2. The average Bonchev–Trinajstić information content (AvgIpc) is 2.87. The van der Waals surface area contributed by atoms with E-state index in [2.05, 4.69) is 5.32 Å². The van der Waals surface area contributed by atoms with E-state index < -0.39 is 11.9 Å². The largest absolute Gasteiger partial charge is 0.475 e. The fraction of sp³-hybridized carbons (Fsp3) is 0.538. The molecule has 2 rings (SSSR count).